The van der Waals surface area contributed by atoms with E-state index in [1.54, 1.807) is 12.1 Å². The van der Waals surface area contributed by atoms with Crippen LogP contribution < -0.4 is 0 Å². The summed E-state index contributed by atoms with van der Waals surface area (Å²) in [6, 6.07) is 11.5. The molecule has 0 aliphatic rings. The van der Waals surface area contributed by atoms with Gasteiger partial charge in [0.05, 0.1) is 4.90 Å². The van der Waals surface area contributed by atoms with Crippen LogP contribution >= 0.6 is 0 Å². The average molecular weight is 321 g/mol. The van der Waals surface area contributed by atoms with Crippen molar-refractivity contribution in [3.05, 3.63) is 65.5 Å². The van der Waals surface area contributed by atoms with E-state index in [1.807, 2.05) is 0 Å². The van der Waals surface area contributed by atoms with Crippen LogP contribution in [0.5, 0.6) is 0 Å². The standard InChI is InChI=1S/C16H16FNO3S/c1-12(19)14-5-9-16(10-6-14)22(20,21)18(2)11-13-3-7-15(17)8-4-13/h3-10H,11H2,1-2H3. The smallest absolute Gasteiger partial charge is 0.243 e. The first-order chi connectivity index (χ1) is 10.3. The van der Waals surface area contributed by atoms with Crippen molar-refractivity contribution in [2.24, 2.45) is 0 Å². The molecule has 0 heterocycles. The molecular weight excluding hydrogens is 305 g/mol. The summed E-state index contributed by atoms with van der Waals surface area (Å²) in [5, 5.41) is 0. The van der Waals surface area contributed by atoms with Crippen molar-refractivity contribution in [3.8, 4) is 0 Å². The second kappa shape index (κ2) is 6.37. The predicted molar refractivity (Wildman–Crippen MR) is 81.5 cm³/mol. The van der Waals surface area contributed by atoms with Crippen LogP contribution in [-0.4, -0.2) is 25.6 Å². The van der Waals surface area contributed by atoms with Gasteiger partial charge in [-0.15, -0.1) is 0 Å². The normalized spacial score (nSPS) is 11.6. The van der Waals surface area contributed by atoms with Crippen molar-refractivity contribution in [2.75, 3.05) is 7.05 Å². The Hall–Kier alpha value is -2.05. The summed E-state index contributed by atoms with van der Waals surface area (Å²) in [5.74, 6) is -0.488. The number of halogens is 1. The summed E-state index contributed by atoms with van der Waals surface area (Å²) < 4.78 is 39.0. The van der Waals surface area contributed by atoms with E-state index in [9.17, 15) is 17.6 Å². The molecule has 0 spiro atoms. The maximum atomic E-state index is 12.9. The summed E-state index contributed by atoms with van der Waals surface area (Å²) in [6.07, 6.45) is 0. The van der Waals surface area contributed by atoms with Crippen LogP contribution in [0.2, 0.25) is 0 Å². The summed E-state index contributed by atoms with van der Waals surface area (Å²) in [4.78, 5) is 11.3. The number of carbonyl (C=O) groups is 1. The molecule has 0 bridgehead atoms. The molecule has 0 N–H and O–H groups in total. The maximum absolute atomic E-state index is 12.9. The topological polar surface area (TPSA) is 54.5 Å². The molecule has 0 amide bonds. The zero-order chi connectivity index (χ0) is 16.3. The Morgan fingerprint density at radius 3 is 2.09 bits per heavy atom. The quantitative estimate of drug-likeness (QED) is 0.796. The molecule has 6 heteroatoms. The van der Waals surface area contributed by atoms with Crippen molar-refractivity contribution >= 4 is 15.8 Å². The fourth-order valence-electron chi connectivity index (χ4n) is 1.97. The zero-order valence-corrected chi connectivity index (χ0v) is 13.1. The van der Waals surface area contributed by atoms with Crippen molar-refractivity contribution in [2.45, 2.75) is 18.4 Å². The van der Waals surface area contributed by atoms with E-state index >= 15 is 0 Å². The van der Waals surface area contributed by atoms with Gasteiger partial charge in [-0.1, -0.05) is 24.3 Å². The largest absolute Gasteiger partial charge is 0.295 e. The summed E-state index contributed by atoms with van der Waals surface area (Å²) in [7, 11) is -2.21. The van der Waals surface area contributed by atoms with Gasteiger partial charge in [-0.3, -0.25) is 4.79 Å². The van der Waals surface area contributed by atoms with Crippen LogP contribution in [0, 0.1) is 5.82 Å². The zero-order valence-electron chi connectivity index (χ0n) is 12.3. The van der Waals surface area contributed by atoms with Crippen LogP contribution in [-0.2, 0) is 16.6 Å². The molecule has 2 aromatic rings. The van der Waals surface area contributed by atoms with E-state index in [4.69, 9.17) is 0 Å². The van der Waals surface area contributed by atoms with Gasteiger partial charge in [0.1, 0.15) is 5.82 Å². The van der Waals surface area contributed by atoms with Crippen molar-refractivity contribution in [3.63, 3.8) is 0 Å². The van der Waals surface area contributed by atoms with E-state index < -0.39 is 10.0 Å². The van der Waals surface area contributed by atoms with E-state index in [1.165, 1.54) is 54.7 Å². The molecule has 2 rings (SSSR count). The minimum atomic E-state index is -3.66. The van der Waals surface area contributed by atoms with Gasteiger partial charge in [-0.05, 0) is 36.8 Å². The molecular formula is C16H16FNO3S. The number of hydrogen-bond acceptors (Lipinski definition) is 3. The number of nitrogens with zero attached hydrogens (tertiary/aromatic N) is 1. The lowest BCUT2D eigenvalue weighted by Gasteiger charge is -2.17. The molecule has 0 unspecified atom stereocenters. The summed E-state index contributed by atoms with van der Waals surface area (Å²) in [6.45, 7) is 1.56. The Kier molecular flexibility index (Phi) is 4.73. The molecule has 0 saturated heterocycles. The van der Waals surface area contributed by atoms with Crippen molar-refractivity contribution in [1.82, 2.24) is 4.31 Å². The average Bonchev–Trinajstić information content (AvgIpc) is 2.49. The monoisotopic (exact) mass is 321 g/mol. The second-order valence-electron chi connectivity index (χ2n) is 4.97. The first-order valence-corrected chi connectivity index (χ1v) is 8.06. The predicted octanol–water partition coefficient (Wildman–Crippen LogP) is 2.85. The Labute approximate surface area is 129 Å². The molecule has 0 radical (unpaired) electrons. The van der Waals surface area contributed by atoms with Crippen LogP contribution in [0.3, 0.4) is 0 Å². The highest BCUT2D eigenvalue weighted by molar-refractivity contribution is 7.89. The Morgan fingerprint density at radius 1 is 1.05 bits per heavy atom. The second-order valence-corrected chi connectivity index (χ2v) is 7.01. The molecule has 0 aliphatic carbocycles. The summed E-state index contributed by atoms with van der Waals surface area (Å²) in [5.41, 5.74) is 1.15. The fourth-order valence-corrected chi connectivity index (χ4v) is 3.13. The molecule has 0 aromatic heterocycles. The van der Waals surface area contributed by atoms with Crippen LogP contribution in [0.4, 0.5) is 4.39 Å². The maximum Gasteiger partial charge on any atom is 0.243 e. The number of hydrogen-bond donors (Lipinski definition) is 0. The SMILES string of the molecule is CC(=O)c1ccc(S(=O)(=O)N(C)Cc2ccc(F)cc2)cc1. The Morgan fingerprint density at radius 2 is 1.59 bits per heavy atom. The van der Waals surface area contributed by atoms with Crippen molar-refractivity contribution in [1.29, 1.82) is 0 Å². The molecule has 0 saturated carbocycles. The lowest BCUT2D eigenvalue weighted by atomic mass is 10.2. The molecule has 22 heavy (non-hydrogen) atoms. The highest BCUT2D eigenvalue weighted by Crippen LogP contribution is 2.18. The molecule has 0 fully saturated rings. The van der Waals surface area contributed by atoms with Crippen LogP contribution in [0.15, 0.2) is 53.4 Å². The molecule has 116 valence electrons. The van der Waals surface area contributed by atoms with E-state index in [0.717, 1.165) is 0 Å². The van der Waals surface area contributed by atoms with Gasteiger partial charge in [-0.2, -0.15) is 4.31 Å². The minimum absolute atomic E-state index is 0.113. The Balaban J connectivity index is 2.21. The van der Waals surface area contributed by atoms with Gasteiger partial charge in [0, 0.05) is 19.2 Å². The van der Waals surface area contributed by atoms with Crippen LogP contribution in [0.1, 0.15) is 22.8 Å². The third kappa shape index (κ3) is 3.58. The number of Topliss-reactive ketones (excluding diaryl/α,β-unsaturated/α-hetero) is 1. The van der Waals surface area contributed by atoms with Gasteiger partial charge in [-0.25, -0.2) is 12.8 Å². The van der Waals surface area contributed by atoms with E-state index in [-0.39, 0.29) is 23.0 Å². The third-order valence-corrected chi connectivity index (χ3v) is 5.11. The van der Waals surface area contributed by atoms with Gasteiger partial charge < -0.3 is 0 Å². The molecule has 0 atom stereocenters. The molecule has 0 aliphatic heterocycles. The number of benzene rings is 2. The third-order valence-electron chi connectivity index (χ3n) is 3.29. The van der Waals surface area contributed by atoms with Gasteiger partial charge >= 0.3 is 0 Å². The molecule has 2 aromatic carbocycles. The lowest BCUT2D eigenvalue weighted by Crippen LogP contribution is -2.26. The Bertz CT molecular complexity index is 768. The highest BCUT2D eigenvalue weighted by atomic mass is 32.2. The fraction of sp³-hybridized carbons (Fsp3) is 0.188. The van der Waals surface area contributed by atoms with Gasteiger partial charge in [0.25, 0.3) is 0 Å². The van der Waals surface area contributed by atoms with E-state index in [0.29, 0.717) is 11.1 Å². The first kappa shape index (κ1) is 16.3. The number of rotatable bonds is 5. The molecule has 4 nitrogen and oxygen atoms in total. The highest BCUT2D eigenvalue weighted by Gasteiger charge is 2.21. The van der Waals surface area contributed by atoms with Gasteiger partial charge in [0.2, 0.25) is 10.0 Å². The number of carbonyl (C=O) groups excluding carboxylic acids is 1. The number of sulfonamides is 1. The van der Waals surface area contributed by atoms with Crippen molar-refractivity contribution < 1.29 is 17.6 Å². The van der Waals surface area contributed by atoms with Gasteiger partial charge in [0.15, 0.2) is 5.78 Å². The van der Waals surface area contributed by atoms with E-state index in [2.05, 4.69) is 0 Å². The summed E-state index contributed by atoms with van der Waals surface area (Å²) >= 11 is 0. The first-order valence-electron chi connectivity index (χ1n) is 6.62. The minimum Gasteiger partial charge on any atom is -0.295 e. The van der Waals surface area contributed by atoms with Crippen LogP contribution in [0.25, 0.3) is 0 Å². The number of ketones is 1. The lowest BCUT2D eigenvalue weighted by molar-refractivity contribution is 0.101.